The van der Waals surface area contributed by atoms with E-state index in [0.29, 0.717) is 5.91 Å². The van der Waals surface area contributed by atoms with Gasteiger partial charge >= 0.3 is 0 Å². The lowest BCUT2D eigenvalue weighted by Crippen LogP contribution is -2.51. The van der Waals surface area contributed by atoms with Crippen molar-refractivity contribution >= 4 is 5.91 Å². The normalized spacial score (nSPS) is 30.4. The van der Waals surface area contributed by atoms with Gasteiger partial charge in [-0.1, -0.05) is 6.42 Å². The quantitative estimate of drug-likeness (QED) is 0.722. The molecule has 0 unspecified atom stereocenters. The molecule has 1 saturated carbocycles. The van der Waals surface area contributed by atoms with E-state index in [-0.39, 0.29) is 18.6 Å². The predicted molar refractivity (Wildman–Crippen MR) is 70.0 cm³/mol. The van der Waals surface area contributed by atoms with Crippen LogP contribution in [0.1, 0.15) is 25.7 Å². The Labute approximate surface area is 109 Å². The molecule has 2 atom stereocenters. The third-order valence-corrected chi connectivity index (χ3v) is 4.16. The highest BCUT2D eigenvalue weighted by atomic mass is 16.3. The molecule has 2 rings (SSSR count). The summed E-state index contributed by atoms with van der Waals surface area (Å²) in [6, 6.07) is 0.211. The molecular formula is C13H25N3O2. The maximum atomic E-state index is 12.4. The second-order valence-corrected chi connectivity index (χ2v) is 5.51. The van der Waals surface area contributed by atoms with Crippen molar-refractivity contribution in [1.82, 2.24) is 9.80 Å². The van der Waals surface area contributed by atoms with Crippen molar-refractivity contribution in [3.8, 4) is 0 Å². The van der Waals surface area contributed by atoms with Gasteiger partial charge in [-0.05, 0) is 19.3 Å². The highest BCUT2D eigenvalue weighted by Gasteiger charge is 2.30. The number of amides is 1. The van der Waals surface area contributed by atoms with Gasteiger partial charge in [0.2, 0.25) is 5.91 Å². The standard InChI is InChI=1S/C13H25N3O2/c14-12-3-1-2-11(10-12)13(18)16-6-4-15(5-7-16)8-9-17/h11-12,17H,1-10,14H2/t11-,12+/m1/s1. The zero-order valence-electron chi connectivity index (χ0n) is 11.1. The number of nitrogens with zero attached hydrogens (tertiary/aromatic N) is 2. The topological polar surface area (TPSA) is 69.8 Å². The SMILES string of the molecule is N[C@H]1CCC[C@@H](C(=O)N2CCN(CCO)CC2)C1. The zero-order valence-corrected chi connectivity index (χ0v) is 11.1. The van der Waals surface area contributed by atoms with Crippen LogP contribution in [0.25, 0.3) is 0 Å². The molecular weight excluding hydrogens is 230 g/mol. The summed E-state index contributed by atoms with van der Waals surface area (Å²) in [5, 5.41) is 8.89. The fraction of sp³-hybridized carbons (Fsp3) is 0.923. The lowest BCUT2D eigenvalue weighted by molar-refractivity contribution is -0.138. The van der Waals surface area contributed by atoms with Crippen LogP contribution in [0.3, 0.4) is 0 Å². The molecule has 0 aromatic rings. The Morgan fingerprint density at radius 3 is 2.56 bits per heavy atom. The minimum atomic E-state index is 0.151. The van der Waals surface area contributed by atoms with Crippen molar-refractivity contribution in [2.75, 3.05) is 39.3 Å². The summed E-state index contributed by atoms with van der Waals surface area (Å²) >= 11 is 0. The second-order valence-electron chi connectivity index (χ2n) is 5.51. The summed E-state index contributed by atoms with van der Waals surface area (Å²) in [6.07, 6.45) is 4.01. The second kappa shape index (κ2) is 6.50. The first kappa shape index (κ1) is 13.8. The smallest absolute Gasteiger partial charge is 0.225 e. The molecule has 3 N–H and O–H groups in total. The Bertz CT molecular complexity index is 277. The summed E-state index contributed by atoms with van der Waals surface area (Å²) in [5.41, 5.74) is 5.95. The van der Waals surface area contributed by atoms with Crippen LogP contribution < -0.4 is 5.73 Å². The van der Waals surface area contributed by atoms with Gasteiger partial charge in [0.1, 0.15) is 0 Å². The van der Waals surface area contributed by atoms with Crippen molar-refractivity contribution < 1.29 is 9.90 Å². The summed E-state index contributed by atoms with van der Waals surface area (Å²) in [4.78, 5) is 16.6. The molecule has 1 aliphatic carbocycles. The van der Waals surface area contributed by atoms with E-state index in [4.69, 9.17) is 10.8 Å². The molecule has 0 bridgehead atoms. The Balaban J connectivity index is 1.80. The van der Waals surface area contributed by atoms with Crippen LogP contribution in [0.5, 0.6) is 0 Å². The summed E-state index contributed by atoms with van der Waals surface area (Å²) in [5.74, 6) is 0.451. The van der Waals surface area contributed by atoms with Gasteiger partial charge in [-0.2, -0.15) is 0 Å². The minimum absolute atomic E-state index is 0.151. The lowest BCUT2D eigenvalue weighted by Gasteiger charge is -2.37. The summed E-state index contributed by atoms with van der Waals surface area (Å²) < 4.78 is 0. The Kier molecular flexibility index (Phi) is 4.97. The molecule has 0 radical (unpaired) electrons. The average Bonchev–Trinajstić information content (AvgIpc) is 2.39. The summed E-state index contributed by atoms with van der Waals surface area (Å²) in [7, 11) is 0. The molecule has 5 heteroatoms. The zero-order chi connectivity index (χ0) is 13.0. The Morgan fingerprint density at radius 2 is 1.94 bits per heavy atom. The van der Waals surface area contributed by atoms with Gasteiger partial charge in [0.05, 0.1) is 6.61 Å². The van der Waals surface area contributed by atoms with Crippen LogP contribution in [-0.2, 0) is 4.79 Å². The van der Waals surface area contributed by atoms with Crippen LogP contribution in [-0.4, -0.2) is 66.2 Å². The van der Waals surface area contributed by atoms with Gasteiger partial charge in [0.15, 0.2) is 0 Å². The number of aliphatic hydroxyl groups excluding tert-OH is 1. The number of nitrogens with two attached hydrogens (primary N) is 1. The average molecular weight is 255 g/mol. The molecule has 1 heterocycles. The van der Waals surface area contributed by atoms with E-state index in [1.165, 1.54) is 0 Å². The molecule has 0 aromatic heterocycles. The highest BCUT2D eigenvalue weighted by molar-refractivity contribution is 5.79. The van der Waals surface area contributed by atoms with Crippen LogP contribution >= 0.6 is 0 Å². The van der Waals surface area contributed by atoms with Crippen LogP contribution in [0.15, 0.2) is 0 Å². The third kappa shape index (κ3) is 3.43. The van der Waals surface area contributed by atoms with Crippen molar-refractivity contribution in [2.24, 2.45) is 11.7 Å². The van der Waals surface area contributed by atoms with E-state index in [2.05, 4.69) is 4.90 Å². The number of aliphatic hydroxyl groups is 1. The maximum Gasteiger partial charge on any atom is 0.225 e. The van der Waals surface area contributed by atoms with E-state index in [1.54, 1.807) is 0 Å². The van der Waals surface area contributed by atoms with Gasteiger partial charge < -0.3 is 15.7 Å². The van der Waals surface area contributed by atoms with Gasteiger partial charge in [-0.3, -0.25) is 9.69 Å². The summed E-state index contributed by atoms with van der Waals surface area (Å²) in [6.45, 7) is 4.27. The monoisotopic (exact) mass is 255 g/mol. The molecule has 1 aliphatic heterocycles. The first-order valence-corrected chi connectivity index (χ1v) is 7.08. The highest BCUT2D eigenvalue weighted by Crippen LogP contribution is 2.25. The molecule has 5 nitrogen and oxygen atoms in total. The molecule has 18 heavy (non-hydrogen) atoms. The third-order valence-electron chi connectivity index (χ3n) is 4.16. The van der Waals surface area contributed by atoms with Crippen molar-refractivity contribution in [3.63, 3.8) is 0 Å². The number of piperazine rings is 1. The van der Waals surface area contributed by atoms with E-state index in [1.807, 2.05) is 4.90 Å². The number of rotatable bonds is 3. The van der Waals surface area contributed by atoms with Gasteiger partial charge in [0, 0.05) is 44.7 Å². The van der Waals surface area contributed by atoms with Crippen LogP contribution in [0.4, 0.5) is 0 Å². The molecule has 1 amide bonds. The lowest BCUT2D eigenvalue weighted by atomic mass is 9.85. The number of hydrogen-bond donors (Lipinski definition) is 2. The van der Waals surface area contributed by atoms with Crippen molar-refractivity contribution in [3.05, 3.63) is 0 Å². The minimum Gasteiger partial charge on any atom is -0.395 e. The molecule has 1 saturated heterocycles. The molecule has 2 fully saturated rings. The van der Waals surface area contributed by atoms with E-state index < -0.39 is 0 Å². The fourth-order valence-corrected chi connectivity index (χ4v) is 3.04. The predicted octanol–water partition coefficient (Wildman–Crippen LogP) is -0.360. The van der Waals surface area contributed by atoms with Gasteiger partial charge in [0.25, 0.3) is 0 Å². The fourth-order valence-electron chi connectivity index (χ4n) is 3.04. The van der Waals surface area contributed by atoms with Gasteiger partial charge in [-0.15, -0.1) is 0 Å². The number of hydrogen-bond acceptors (Lipinski definition) is 4. The van der Waals surface area contributed by atoms with E-state index in [0.717, 1.165) is 58.4 Å². The maximum absolute atomic E-state index is 12.4. The van der Waals surface area contributed by atoms with Crippen molar-refractivity contribution in [2.45, 2.75) is 31.7 Å². The van der Waals surface area contributed by atoms with Gasteiger partial charge in [-0.25, -0.2) is 0 Å². The number of carbonyl (C=O) groups excluding carboxylic acids is 1. The Hall–Kier alpha value is -0.650. The van der Waals surface area contributed by atoms with Crippen LogP contribution in [0.2, 0.25) is 0 Å². The first-order valence-electron chi connectivity index (χ1n) is 7.08. The number of β-amino-alcohol motifs (C(OH)–C–C–N with tert-alkyl or cyclic N) is 1. The van der Waals surface area contributed by atoms with E-state index in [9.17, 15) is 4.79 Å². The number of carbonyl (C=O) groups is 1. The molecule has 2 aliphatic rings. The molecule has 104 valence electrons. The van der Waals surface area contributed by atoms with E-state index >= 15 is 0 Å². The molecule has 0 spiro atoms. The van der Waals surface area contributed by atoms with Crippen LogP contribution in [0, 0.1) is 5.92 Å². The Morgan fingerprint density at radius 1 is 1.22 bits per heavy atom. The van der Waals surface area contributed by atoms with Crippen molar-refractivity contribution in [1.29, 1.82) is 0 Å². The first-order chi connectivity index (χ1) is 8.70. The molecule has 0 aromatic carbocycles. The largest absolute Gasteiger partial charge is 0.395 e.